The Morgan fingerprint density at radius 1 is 1.11 bits per heavy atom. The minimum Gasteiger partial charge on any atom is -0.316 e. The van der Waals surface area contributed by atoms with Gasteiger partial charge in [0.25, 0.3) is 0 Å². The van der Waals surface area contributed by atoms with Gasteiger partial charge in [-0.3, -0.25) is 0 Å². The summed E-state index contributed by atoms with van der Waals surface area (Å²) >= 11 is 0. The first-order valence-electron chi connectivity index (χ1n) is 8.48. The Morgan fingerprint density at radius 3 is 2.68 bits per heavy atom. The van der Waals surface area contributed by atoms with E-state index in [9.17, 15) is 0 Å². The summed E-state index contributed by atoms with van der Waals surface area (Å²) in [6.07, 6.45) is 11.3. The van der Waals surface area contributed by atoms with Crippen molar-refractivity contribution in [3.05, 3.63) is 0 Å². The van der Waals surface area contributed by atoms with Crippen LogP contribution in [0.1, 0.15) is 51.4 Å². The molecule has 112 valence electrons. The normalized spacial score (nSPS) is 25.9. The van der Waals surface area contributed by atoms with Crippen LogP contribution in [0, 0.1) is 5.92 Å². The summed E-state index contributed by atoms with van der Waals surface area (Å²) in [5.41, 5.74) is 0. The quantitative estimate of drug-likeness (QED) is 0.693. The molecule has 0 radical (unpaired) electrons. The van der Waals surface area contributed by atoms with Crippen LogP contribution in [0.25, 0.3) is 0 Å². The second kappa shape index (κ2) is 8.93. The number of hydrogen-bond donors (Lipinski definition) is 2. The van der Waals surface area contributed by atoms with Crippen LogP contribution < -0.4 is 10.6 Å². The first-order chi connectivity index (χ1) is 9.36. The highest BCUT2D eigenvalue weighted by atomic mass is 15.1. The SMILES string of the molecule is CN(CCCNCC1CCCNC1)C1CCCCC1. The van der Waals surface area contributed by atoms with E-state index in [-0.39, 0.29) is 0 Å². The zero-order valence-electron chi connectivity index (χ0n) is 12.8. The van der Waals surface area contributed by atoms with Crippen molar-refractivity contribution >= 4 is 0 Å². The van der Waals surface area contributed by atoms with Crippen molar-refractivity contribution in [1.29, 1.82) is 0 Å². The van der Waals surface area contributed by atoms with Crippen molar-refractivity contribution in [1.82, 2.24) is 15.5 Å². The van der Waals surface area contributed by atoms with E-state index < -0.39 is 0 Å². The number of rotatable bonds is 7. The third kappa shape index (κ3) is 5.80. The summed E-state index contributed by atoms with van der Waals surface area (Å²) < 4.78 is 0. The summed E-state index contributed by atoms with van der Waals surface area (Å²) in [4.78, 5) is 2.60. The Labute approximate surface area is 119 Å². The van der Waals surface area contributed by atoms with Gasteiger partial charge in [0.2, 0.25) is 0 Å². The molecule has 0 aromatic carbocycles. The van der Waals surface area contributed by atoms with E-state index >= 15 is 0 Å². The highest BCUT2D eigenvalue weighted by Crippen LogP contribution is 2.21. The first-order valence-corrected chi connectivity index (χ1v) is 8.48. The topological polar surface area (TPSA) is 27.3 Å². The Kier molecular flexibility index (Phi) is 7.18. The fourth-order valence-electron chi connectivity index (χ4n) is 3.56. The average molecular weight is 267 g/mol. The number of hydrogen-bond acceptors (Lipinski definition) is 3. The summed E-state index contributed by atoms with van der Waals surface area (Å²) in [5.74, 6) is 0.866. The summed E-state index contributed by atoms with van der Waals surface area (Å²) in [6.45, 7) is 6.10. The van der Waals surface area contributed by atoms with Crippen molar-refractivity contribution < 1.29 is 0 Å². The van der Waals surface area contributed by atoms with E-state index in [1.54, 1.807) is 0 Å². The third-order valence-corrected chi connectivity index (χ3v) is 4.89. The lowest BCUT2D eigenvalue weighted by Gasteiger charge is -2.31. The number of nitrogens with one attached hydrogen (secondary N) is 2. The Bertz CT molecular complexity index is 220. The van der Waals surface area contributed by atoms with Crippen molar-refractivity contribution in [3.63, 3.8) is 0 Å². The molecule has 1 aliphatic heterocycles. The van der Waals surface area contributed by atoms with Gasteiger partial charge >= 0.3 is 0 Å². The molecule has 0 aromatic heterocycles. The molecule has 3 nitrogen and oxygen atoms in total. The molecule has 1 saturated carbocycles. The molecule has 3 heteroatoms. The molecule has 1 saturated heterocycles. The zero-order chi connectivity index (χ0) is 13.3. The zero-order valence-corrected chi connectivity index (χ0v) is 12.8. The van der Waals surface area contributed by atoms with Gasteiger partial charge in [0.05, 0.1) is 0 Å². The van der Waals surface area contributed by atoms with Gasteiger partial charge in [-0.05, 0) is 77.8 Å². The Hall–Kier alpha value is -0.120. The van der Waals surface area contributed by atoms with E-state index in [0.717, 1.165) is 12.0 Å². The van der Waals surface area contributed by atoms with Crippen molar-refractivity contribution in [2.45, 2.75) is 57.4 Å². The molecule has 1 heterocycles. The van der Waals surface area contributed by atoms with Crippen molar-refractivity contribution in [2.24, 2.45) is 5.92 Å². The van der Waals surface area contributed by atoms with Crippen molar-refractivity contribution in [2.75, 3.05) is 39.8 Å². The molecular weight excluding hydrogens is 234 g/mol. The number of piperidine rings is 1. The van der Waals surface area contributed by atoms with Crippen LogP contribution >= 0.6 is 0 Å². The molecule has 2 rings (SSSR count). The predicted molar refractivity (Wildman–Crippen MR) is 82.6 cm³/mol. The van der Waals surface area contributed by atoms with E-state index in [0.29, 0.717) is 0 Å². The summed E-state index contributed by atoms with van der Waals surface area (Å²) in [5, 5.41) is 7.14. The minimum absolute atomic E-state index is 0.866. The lowest BCUT2D eigenvalue weighted by atomic mass is 9.94. The molecule has 2 fully saturated rings. The maximum atomic E-state index is 3.65. The van der Waals surface area contributed by atoms with Crippen LogP contribution in [0.4, 0.5) is 0 Å². The molecule has 19 heavy (non-hydrogen) atoms. The maximum Gasteiger partial charge on any atom is 0.00922 e. The average Bonchev–Trinajstić information content (AvgIpc) is 2.49. The smallest absolute Gasteiger partial charge is 0.00922 e. The van der Waals surface area contributed by atoms with Crippen LogP contribution in [-0.2, 0) is 0 Å². The van der Waals surface area contributed by atoms with Crippen LogP contribution in [0.5, 0.6) is 0 Å². The van der Waals surface area contributed by atoms with Gasteiger partial charge in [0.15, 0.2) is 0 Å². The molecule has 1 unspecified atom stereocenters. The van der Waals surface area contributed by atoms with E-state index in [1.165, 1.54) is 84.1 Å². The first kappa shape index (κ1) is 15.3. The molecular formula is C16H33N3. The Balaban J connectivity index is 1.46. The molecule has 2 aliphatic rings. The van der Waals surface area contributed by atoms with Crippen LogP contribution in [-0.4, -0.2) is 50.7 Å². The van der Waals surface area contributed by atoms with Crippen molar-refractivity contribution in [3.8, 4) is 0 Å². The molecule has 0 bridgehead atoms. The fourth-order valence-corrected chi connectivity index (χ4v) is 3.56. The third-order valence-electron chi connectivity index (χ3n) is 4.89. The van der Waals surface area contributed by atoms with Crippen LogP contribution in [0.3, 0.4) is 0 Å². The molecule has 1 aliphatic carbocycles. The highest BCUT2D eigenvalue weighted by Gasteiger charge is 2.17. The minimum atomic E-state index is 0.866. The van der Waals surface area contributed by atoms with Gasteiger partial charge in [-0.15, -0.1) is 0 Å². The predicted octanol–water partition coefficient (Wildman–Crippen LogP) is 2.23. The highest BCUT2D eigenvalue weighted by molar-refractivity contribution is 4.74. The summed E-state index contributed by atoms with van der Waals surface area (Å²) in [6, 6.07) is 0.872. The van der Waals surface area contributed by atoms with Crippen LogP contribution in [0.2, 0.25) is 0 Å². The molecule has 0 spiro atoms. The fraction of sp³-hybridized carbons (Fsp3) is 1.00. The molecule has 0 amide bonds. The van der Waals surface area contributed by atoms with E-state index in [4.69, 9.17) is 0 Å². The molecule has 1 atom stereocenters. The van der Waals surface area contributed by atoms with Gasteiger partial charge in [0.1, 0.15) is 0 Å². The Morgan fingerprint density at radius 2 is 1.95 bits per heavy atom. The number of nitrogens with zero attached hydrogens (tertiary/aromatic N) is 1. The molecule has 2 N–H and O–H groups in total. The lowest BCUT2D eigenvalue weighted by molar-refractivity contribution is 0.189. The van der Waals surface area contributed by atoms with Gasteiger partial charge in [-0.2, -0.15) is 0 Å². The van der Waals surface area contributed by atoms with E-state index in [2.05, 4.69) is 22.6 Å². The standard InChI is InChI=1S/C16H33N3/c1-19(16-8-3-2-4-9-16)12-6-11-18-14-15-7-5-10-17-13-15/h15-18H,2-14H2,1H3. The molecule has 0 aromatic rings. The van der Waals surface area contributed by atoms with Gasteiger partial charge in [-0.1, -0.05) is 19.3 Å². The second-order valence-electron chi connectivity index (χ2n) is 6.54. The lowest BCUT2D eigenvalue weighted by Crippen LogP contribution is -2.38. The monoisotopic (exact) mass is 267 g/mol. The van der Waals surface area contributed by atoms with Gasteiger partial charge < -0.3 is 15.5 Å². The van der Waals surface area contributed by atoms with Gasteiger partial charge in [0, 0.05) is 6.04 Å². The summed E-state index contributed by atoms with van der Waals surface area (Å²) in [7, 11) is 2.32. The second-order valence-corrected chi connectivity index (χ2v) is 6.54. The van der Waals surface area contributed by atoms with E-state index in [1.807, 2.05) is 0 Å². The van der Waals surface area contributed by atoms with Gasteiger partial charge in [-0.25, -0.2) is 0 Å². The van der Waals surface area contributed by atoms with Crippen LogP contribution in [0.15, 0.2) is 0 Å². The largest absolute Gasteiger partial charge is 0.316 e. The maximum absolute atomic E-state index is 3.65.